The van der Waals surface area contributed by atoms with Crippen LogP contribution in [0.15, 0.2) is 91.0 Å². The zero-order valence-electron chi connectivity index (χ0n) is 17.4. The van der Waals surface area contributed by atoms with Crippen molar-refractivity contribution in [3.05, 3.63) is 108 Å². The summed E-state index contributed by atoms with van der Waals surface area (Å²) in [5.74, 6) is -1.99. The molecule has 3 aromatic carbocycles. The lowest BCUT2D eigenvalue weighted by molar-refractivity contribution is -0.232. The summed E-state index contributed by atoms with van der Waals surface area (Å²) in [4.78, 5) is 26.5. The van der Waals surface area contributed by atoms with E-state index in [4.69, 9.17) is 14.2 Å². The lowest BCUT2D eigenvalue weighted by atomic mass is 9.72. The number of methoxy groups -OCH3 is 2. The standard InChI is InChI=1S/C25H24O6/c1-29-22(26)24(28,20-14-8-4-9-15-20)25(23(27)30-2,21-16-10-5-11-17-21)31-18-19-12-6-3-7-13-19/h3-17,28H,18H2,1-2H3. The SMILES string of the molecule is COC(=O)C(O)(c1ccccc1)C(OCc1ccccc1)(C(=O)OC)c1ccccc1. The van der Waals surface area contributed by atoms with E-state index in [0.29, 0.717) is 0 Å². The van der Waals surface area contributed by atoms with Crippen molar-refractivity contribution in [3.63, 3.8) is 0 Å². The first-order valence-corrected chi connectivity index (χ1v) is 9.69. The summed E-state index contributed by atoms with van der Waals surface area (Å²) in [6, 6.07) is 25.5. The minimum Gasteiger partial charge on any atom is -0.467 e. The molecule has 0 aliphatic heterocycles. The van der Waals surface area contributed by atoms with Gasteiger partial charge in [0.2, 0.25) is 11.2 Å². The van der Waals surface area contributed by atoms with Crippen LogP contribution in [0.1, 0.15) is 16.7 Å². The summed E-state index contributed by atoms with van der Waals surface area (Å²) >= 11 is 0. The fraction of sp³-hybridized carbons (Fsp3) is 0.200. The topological polar surface area (TPSA) is 82.1 Å². The monoisotopic (exact) mass is 420 g/mol. The number of esters is 2. The first-order valence-electron chi connectivity index (χ1n) is 9.69. The summed E-state index contributed by atoms with van der Waals surface area (Å²) in [5, 5.41) is 12.0. The second kappa shape index (κ2) is 9.55. The number of aliphatic hydroxyl groups is 1. The van der Waals surface area contributed by atoms with Crippen LogP contribution in [0.4, 0.5) is 0 Å². The van der Waals surface area contributed by atoms with Crippen LogP contribution in [-0.4, -0.2) is 31.3 Å². The van der Waals surface area contributed by atoms with Gasteiger partial charge in [0, 0.05) is 0 Å². The van der Waals surface area contributed by atoms with Crippen LogP contribution >= 0.6 is 0 Å². The maximum absolute atomic E-state index is 13.4. The lowest BCUT2D eigenvalue weighted by Gasteiger charge is -2.43. The van der Waals surface area contributed by atoms with Crippen LogP contribution in [0.25, 0.3) is 0 Å². The Morgan fingerprint density at radius 3 is 1.65 bits per heavy atom. The van der Waals surface area contributed by atoms with Crippen molar-refractivity contribution < 1.29 is 28.9 Å². The highest BCUT2D eigenvalue weighted by molar-refractivity contribution is 5.94. The first kappa shape index (κ1) is 22.2. The summed E-state index contributed by atoms with van der Waals surface area (Å²) in [5.41, 5.74) is -3.66. The van der Waals surface area contributed by atoms with Crippen molar-refractivity contribution in [1.82, 2.24) is 0 Å². The lowest BCUT2D eigenvalue weighted by Crippen LogP contribution is -2.61. The van der Waals surface area contributed by atoms with E-state index < -0.39 is 23.1 Å². The van der Waals surface area contributed by atoms with E-state index in [1.54, 1.807) is 48.5 Å². The van der Waals surface area contributed by atoms with Gasteiger partial charge in [-0.3, -0.25) is 0 Å². The molecule has 3 rings (SSSR count). The third kappa shape index (κ3) is 3.95. The number of rotatable bonds is 8. The molecule has 31 heavy (non-hydrogen) atoms. The van der Waals surface area contributed by atoms with E-state index in [-0.39, 0.29) is 17.7 Å². The van der Waals surface area contributed by atoms with Gasteiger partial charge in [0.1, 0.15) is 0 Å². The molecular formula is C25H24O6. The number of carbonyl (C=O) groups is 2. The fourth-order valence-electron chi connectivity index (χ4n) is 3.60. The second-order valence-corrected chi connectivity index (χ2v) is 6.88. The smallest absolute Gasteiger partial charge is 0.347 e. The van der Waals surface area contributed by atoms with Gasteiger partial charge >= 0.3 is 11.9 Å². The summed E-state index contributed by atoms with van der Waals surface area (Å²) in [7, 11) is 2.31. The second-order valence-electron chi connectivity index (χ2n) is 6.88. The maximum Gasteiger partial charge on any atom is 0.347 e. The molecule has 0 amide bonds. The molecule has 6 heteroatoms. The van der Waals surface area contributed by atoms with Crippen molar-refractivity contribution in [2.45, 2.75) is 17.8 Å². The average Bonchev–Trinajstić information content (AvgIpc) is 2.85. The van der Waals surface area contributed by atoms with Crippen molar-refractivity contribution in [3.8, 4) is 0 Å². The Bertz CT molecular complexity index is 1010. The molecule has 1 N–H and O–H groups in total. The molecule has 2 atom stereocenters. The molecule has 0 aliphatic carbocycles. The van der Waals surface area contributed by atoms with E-state index in [0.717, 1.165) is 12.7 Å². The third-order valence-corrected chi connectivity index (χ3v) is 5.13. The predicted octanol–water partition coefficient (Wildman–Crippen LogP) is 3.33. The minimum atomic E-state index is -2.54. The Kier molecular flexibility index (Phi) is 6.84. The van der Waals surface area contributed by atoms with Crippen LogP contribution < -0.4 is 0 Å². The van der Waals surface area contributed by atoms with E-state index in [1.165, 1.54) is 19.2 Å². The molecule has 0 bridgehead atoms. The van der Waals surface area contributed by atoms with E-state index in [9.17, 15) is 14.7 Å². The van der Waals surface area contributed by atoms with E-state index in [2.05, 4.69) is 0 Å². The van der Waals surface area contributed by atoms with Gasteiger partial charge in [-0.2, -0.15) is 0 Å². The van der Waals surface area contributed by atoms with Crippen molar-refractivity contribution in [1.29, 1.82) is 0 Å². The van der Waals surface area contributed by atoms with Gasteiger partial charge in [-0.25, -0.2) is 9.59 Å². The van der Waals surface area contributed by atoms with Crippen LogP contribution in [0.5, 0.6) is 0 Å². The van der Waals surface area contributed by atoms with Crippen molar-refractivity contribution >= 4 is 11.9 Å². The van der Waals surface area contributed by atoms with Gasteiger partial charge in [0.15, 0.2) is 0 Å². The van der Waals surface area contributed by atoms with Gasteiger partial charge in [-0.05, 0) is 16.7 Å². The molecule has 6 nitrogen and oxygen atoms in total. The number of hydrogen-bond acceptors (Lipinski definition) is 6. The number of ether oxygens (including phenoxy) is 3. The fourth-order valence-corrected chi connectivity index (χ4v) is 3.60. The molecule has 0 saturated heterocycles. The van der Waals surface area contributed by atoms with E-state index >= 15 is 0 Å². The minimum absolute atomic E-state index is 0.0724. The molecule has 160 valence electrons. The Morgan fingerprint density at radius 1 is 0.710 bits per heavy atom. The predicted molar refractivity (Wildman–Crippen MR) is 114 cm³/mol. The van der Waals surface area contributed by atoms with Crippen LogP contribution in [-0.2, 0) is 41.6 Å². The Labute approximate surface area is 181 Å². The molecule has 0 spiro atoms. The summed E-state index contributed by atoms with van der Waals surface area (Å²) < 4.78 is 16.2. The van der Waals surface area contributed by atoms with Gasteiger partial charge in [0.25, 0.3) is 0 Å². The van der Waals surface area contributed by atoms with Gasteiger partial charge < -0.3 is 19.3 Å². The highest BCUT2D eigenvalue weighted by Gasteiger charge is 2.66. The Hall–Kier alpha value is -3.48. The molecule has 2 unspecified atom stereocenters. The van der Waals surface area contributed by atoms with Gasteiger partial charge in [0.05, 0.1) is 20.8 Å². The quantitative estimate of drug-likeness (QED) is 0.563. The molecule has 0 aromatic heterocycles. The van der Waals surface area contributed by atoms with Gasteiger partial charge in [-0.15, -0.1) is 0 Å². The number of hydrogen-bond donors (Lipinski definition) is 1. The summed E-state index contributed by atoms with van der Waals surface area (Å²) in [6.07, 6.45) is 0. The first-order chi connectivity index (χ1) is 15.0. The normalized spacial score (nSPS) is 14.7. The molecule has 0 fully saturated rings. The van der Waals surface area contributed by atoms with Crippen LogP contribution in [0.3, 0.4) is 0 Å². The molecule has 3 aromatic rings. The zero-order chi connectivity index (χ0) is 22.3. The number of benzene rings is 3. The summed E-state index contributed by atoms with van der Waals surface area (Å²) in [6.45, 7) is -0.0724. The Balaban J connectivity index is 2.30. The largest absolute Gasteiger partial charge is 0.467 e. The highest BCUT2D eigenvalue weighted by Crippen LogP contribution is 2.46. The van der Waals surface area contributed by atoms with Crippen molar-refractivity contribution in [2.75, 3.05) is 14.2 Å². The Morgan fingerprint density at radius 2 is 1.16 bits per heavy atom. The van der Waals surface area contributed by atoms with Crippen LogP contribution in [0, 0.1) is 0 Å². The van der Waals surface area contributed by atoms with Crippen molar-refractivity contribution in [2.24, 2.45) is 0 Å². The molecule has 0 saturated carbocycles. The molecule has 0 radical (unpaired) electrons. The zero-order valence-corrected chi connectivity index (χ0v) is 17.4. The molecule has 0 aliphatic rings. The molecular weight excluding hydrogens is 396 g/mol. The average molecular weight is 420 g/mol. The number of carbonyl (C=O) groups excluding carboxylic acids is 2. The van der Waals surface area contributed by atoms with Crippen LogP contribution in [0.2, 0.25) is 0 Å². The third-order valence-electron chi connectivity index (χ3n) is 5.13. The van der Waals surface area contributed by atoms with E-state index in [1.807, 2.05) is 30.3 Å². The molecule has 0 heterocycles. The maximum atomic E-state index is 13.4. The highest BCUT2D eigenvalue weighted by atomic mass is 16.6. The van der Waals surface area contributed by atoms with Gasteiger partial charge in [-0.1, -0.05) is 91.0 Å².